The molecule has 0 atom stereocenters. The Morgan fingerprint density at radius 2 is 2.06 bits per heavy atom. The predicted octanol–water partition coefficient (Wildman–Crippen LogP) is 0.862. The molecule has 1 saturated heterocycles. The van der Waals surface area contributed by atoms with Gasteiger partial charge >= 0.3 is 0 Å². The van der Waals surface area contributed by atoms with Crippen molar-refractivity contribution in [2.45, 2.75) is 13.8 Å². The Hall–Kier alpha value is -1.20. The fourth-order valence-electron chi connectivity index (χ4n) is 2.10. The molecule has 1 aromatic rings. The monoisotopic (exact) mass is 250 g/mol. The number of nitrogens with zero attached hydrogens (tertiary/aromatic N) is 4. The molecular formula is C13H22N4O. The molecule has 2 heterocycles. The third kappa shape index (κ3) is 3.17. The van der Waals surface area contributed by atoms with Gasteiger partial charge in [0, 0.05) is 33.2 Å². The van der Waals surface area contributed by atoms with Gasteiger partial charge in [0.1, 0.15) is 0 Å². The number of anilines is 1. The Kier molecular flexibility index (Phi) is 4.49. The van der Waals surface area contributed by atoms with E-state index in [0.717, 1.165) is 45.2 Å². The first-order valence-electron chi connectivity index (χ1n) is 6.48. The van der Waals surface area contributed by atoms with Crippen molar-refractivity contribution in [3.8, 4) is 0 Å². The van der Waals surface area contributed by atoms with Crippen LogP contribution in [-0.4, -0.2) is 61.5 Å². The summed E-state index contributed by atoms with van der Waals surface area (Å²) in [5.74, 6) is 0.989. The van der Waals surface area contributed by atoms with Crippen LogP contribution in [0.1, 0.15) is 11.1 Å². The molecule has 5 nitrogen and oxygen atoms in total. The van der Waals surface area contributed by atoms with Gasteiger partial charge in [-0.3, -0.25) is 4.90 Å². The Bertz CT molecular complexity index is 391. The number of aryl methyl sites for hydroxylation is 1. The van der Waals surface area contributed by atoms with Crippen molar-refractivity contribution in [3.05, 3.63) is 17.3 Å². The highest BCUT2D eigenvalue weighted by atomic mass is 16.5. The van der Waals surface area contributed by atoms with Crippen LogP contribution in [0.3, 0.4) is 0 Å². The third-order valence-corrected chi connectivity index (χ3v) is 3.55. The highest BCUT2D eigenvalue weighted by Crippen LogP contribution is 2.16. The minimum Gasteiger partial charge on any atom is -0.379 e. The van der Waals surface area contributed by atoms with E-state index in [4.69, 9.17) is 4.74 Å². The summed E-state index contributed by atoms with van der Waals surface area (Å²) in [6.07, 6.45) is 1.81. The topological polar surface area (TPSA) is 41.5 Å². The van der Waals surface area contributed by atoms with E-state index in [1.807, 2.05) is 6.20 Å². The number of hydrogen-bond donors (Lipinski definition) is 0. The van der Waals surface area contributed by atoms with Gasteiger partial charge in [0.2, 0.25) is 0 Å². The summed E-state index contributed by atoms with van der Waals surface area (Å²) in [6.45, 7) is 9.97. The molecule has 5 heteroatoms. The van der Waals surface area contributed by atoms with E-state index in [9.17, 15) is 0 Å². The van der Waals surface area contributed by atoms with Crippen LogP contribution in [0.2, 0.25) is 0 Å². The van der Waals surface area contributed by atoms with Gasteiger partial charge in [-0.25, -0.2) is 0 Å². The standard InChI is InChI=1S/C13H22N4O/c1-11-10-14-15-13(12(11)2)16(3)4-5-17-6-8-18-9-7-17/h10H,4-9H2,1-3H3. The average molecular weight is 250 g/mol. The minimum absolute atomic E-state index is 0.854. The van der Waals surface area contributed by atoms with Crippen LogP contribution in [0.5, 0.6) is 0 Å². The zero-order chi connectivity index (χ0) is 13.0. The molecular weight excluding hydrogens is 228 g/mol. The Labute approximate surface area is 109 Å². The van der Waals surface area contributed by atoms with Gasteiger partial charge in [-0.1, -0.05) is 0 Å². The van der Waals surface area contributed by atoms with Crippen molar-refractivity contribution in [1.82, 2.24) is 15.1 Å². The molecule has 1 aliphatic rings. The summed E-state index contributed by atoms with van der Waals surface area (Å²) in [5.41, 5.74) is 2.41. The van der Waals surface area contributed by atoms with E-state index < -0.39 is 0 Å². The number of rotatable bonds is 4. The smallest absolute Gasteiger partial charge is 0.154 e. The van der Waals surface area contributed by atoms with Crippen LogP contribution in [0.15, 0.2) is 6.20 Å². The molecule has 100 valence electrons. The maximum atomic E-state index is 5.35. The number of morpholine rings is 1. The van der Waals surface area contributed by atoms with E-state index >= 15 is 0 Å². The molecule has 0 saturated carbocycles. The van der Waals surface area contributed by atoms with Crippen molar-refractivity contribution in [3.63, 3.8) is 0 Å². The summed E-state index contributed by atoms with van der Waals surface area (Å²) >= 11 is 0. The van der Waals surface area contributed by atoms with Crippen molar-refractivity contribution in [1.29, 1.82) is 0 Å². The van der Waals surface area contributed by atoms with Crippen LogP contribution < -0.4 is 4.90 Å². The molecule has 1 aliphatic heterocycles. The predicted molar refractivity (Wildman–Crippen MR) is 72.0 cm³/mol. The average Bonchev–Trinajstić information content (AvgIpc) is 2.40. The first-order chi connectivity index (χ1) is 8.68. The zero-order valence-corrected chi connectivity index (χ0v) is 11.5. The number of hydrogen-bond acceptors (Lipinski definition) is 5. The lowest BCUT2D eigenvalue weighted by atomic mass is 10.2. The second-order valence-corrected chi connectivity index (χ2v) is 4.85. The van der Waals surface area contributed by atoms with Crippen LogP contribution in [-0.2, 0) is 4.74 Å². The van der Waals surface area contributed by atoms with Crippen molar-refractivity contribution in [2.75, 3.05) is 51.3 Å². The molecule has 0 N–H and O–H groups in total. The largest absolute Gasteiger partial charge is 0.379 e. The molecule has 0 spiro atoms. The third-order valence-electron chi connectivity index (χ3n) is 3.55. The SMILES string of the molecule is Cc1cnnc(N(C)CCN2CCOCC2)c1C. The number of aromatic nitrogens is 2. The molecule has 0 amide bonds. The number of likely N-dealkylation sites (N-methyl/N-ethyl adjacent to an activating group) is 1. The summed E-state index contributed by atoms with van der Waals surface area (Å²) in [4.78, 5) is 4.61. The second kappa shape index (κ2) is 6.11. The molecule has 0 radical (unpaired) electrons. The highest BCUT2D eigenvalue weighted by molar-refractivity contribution is 5.47. The molecule has 0 aromatic carbocycles. The quantitative estimate of drug-likeness (QED) is 0.793. The maximum absolute atomic E-state index is 5.35. The Morgan fingerprint density at radius 1 is 1.33 bits per heavy atom. The first-order valence-corrected chi connectivity index (χ1v) is 6.48. The van der Waals surface area contributed by atoms with Gasteiger partial charge in [0.15, 0.2) is 5.82 Å². The van der Waals surface area contributed by atoms with Gasteiger partial charge < -0.3 is 9.64 Å². The molecule has 2 rings (SSSR count). The van der Waals surface area contributed by atoms with E-state index in [2.05, 4.69) is 40.9 Å². The van der Waals surface area contributed by atoms with Crippen molar-refractivity contribution < 1.29 is 4.74 Å². The van der Waals surface area contributed by atoms with Gasteiger partial charge in [0.05, 0.1) is 19.4 Å². The molecule has 1 aromatic heterocycles. The van der Waals surface area contributed by atoms with Crippen molar-refractivity contribution >= 4 is 5.82 Å². The minimum atomic E-state index is 0.854. The fraction of sp³-hybridized carbons (Fsp3) is 0.692. The van der Waals surface area contributed by atoms with E-state index in [1.54, 1.807) is 0 Å². The van der Waals surface area contributed by atoms with E-state index in [1.165, 1.54) is 11.1 Å². The zero-order valence-electron chi connectivity index (χ0n) is 11.5. The highest BCUT2D eigenvalue weighted by Gasteiger charge is 2.13. The van der Waals surface area contributed by atoms with E-state index in [0.29, 0.717) is 0 Å². The van der Waals surface area contributed by atoms with Crippen LogP contribution in [0.25, 0.3) is 0 Å². The summed E-state index contributed by atoms with van der Waals surface area (Å²) in [5, 5.41) is 8.27. The Balaban J connectivity index is 1.90. The lowest BCUT2D eigenvalue weighted by Crippen LogP contribution is -2.41. The van der Waals surface area contributed by atoms with Crippen LogP contribution in [0, 0.1) is 13.8 Å². The first kappa shape index (κ1) is 13.2. The maximum Gasteiger partial charge on any atom is 0.154 e. The number of ether oxygens (including phenoxy) is 1. The van der Waals surface area contributed by atoms with Gasteiger partial charge in [-0.05, 0) is 25.0 Å². The second-order valence-electron chi connectivity index (χ2n) is 4.85. The lowest BCUT2D eigenvalue weighted by Gasteiger charge is -2.29. The van der Waals surface area contributed by atoms with Gasteiger partial charge in [0.25, 0.3) is 0 Å². The molecule has 1 fully saturated rings. The van der Waals surface area contributed by atoms with Gasteiger partial charge in [-0.15, -0.1) is 5.10 Å². The normalized spacial score (nSPS) is 16.8. The van der Waals surface area contributed by atoms with E-state index in [-0.39, 0.29) is 0 Å². The van der Waals surface area contributed by atoms with Crippen molar-refractivity contribution in [2.24, 2.45) is 0 Å². The summed E-state index contributed by atoms with van der Waals surface area (Å²) in [7, 11) is 2.08. The molecule has 0 unspecified atom stereocenters. The molecule has 0 aliphatic carbocycles. The summed E-state index contributed by atoms with van der Waals surface area (Å²) < 4.78 is 5.35. The van der Waals surface area contributed by atoms with Crippen LogP contribution >= 0.6 is 0 Å². The molecule has 18 heavy (non-hydrogen) atoms. The Morgan fingerprint density at radius 3 is 2.78 bits per heavy atom. The summed E-state index contributed by atoms with van der Waals surface area (Å²) in [6, 6.07) is 0. The van der Waals surface area contributed by atoms with Crippen LogP contribution in [0.4, 0.5) is 5.82 Å². The fourth-order valence-corrected chi connectivity index (χ4v) is 2.10. The molecule has 0 bridgehead atoms. The van der Waals surface area contributed by atoms with Gasteiger partial charge in [-0.2, -0.15) is 5.10 Å². The lowest BCUT2D eigenvalue weighted by molar-refractivity contribution is 0.0392.